The Hall–Kier alpha value is 0.450. The van der Waals surface area contributed by atoms with Crippen LogP contribution < -0.4 is 4.74 Å². The van der Waals surface area contributed by atoms with E-state index in [-0.39, 0.29) is 0 Å². The molecule has 1 rings (SSSR count). The second kappa shape index (κ2) is 9.98. The van der Waals surface area contributed by atoms with Crippen molar-refractivity contribution in [3.05, 3.63) is 29.8 Å². The monoisotopic (exact) mass is 342 g/mol. The molecular formula is C10H15IOS2. The fourth-order valence-electron chi connectivity index (χ4n) is 0.812. The minimum absolute atomic E-state index is 0.922. The fraction of sp³-hybridized carbons (Fsp3) is 0.400. The summed E-state index contributed by atoms with van der Waals surface area (Å²) in [6.07, 6.45) is 0. The number of halogens is 1. The van der Waals surface area contributed by atoms with E-state index in [9.17, 15) is 0 Å². The van der Waals surface area contributed by atoms with Gasteiger partial charge in [0, 0.05) is 27.0 Å². The number of benzene rings is 1. The van der Waals surface area contributed by atoms with Crippen molar-refractivity contribution in [2.24, 2.45) is 0 Å². The van der Waals surface area contributed by atoms with Crippen LogP contribution in [-0.2, 0) is 5.75 Å². The van der Waals surface area contributed by atoms with Gasteiger partial charge in [0.2, 0.25) is 0 Å². The van der Waals surface area contributed by atoms with Crippen molar-refractivity contribution in [3.63, 3.8) is 0 Å². The van der Waals surface area contributed by atoms with Crippen molar-refractivity contribution in [3.8, 4) is 5.75 Å². The SMILES string of the molecule is CC.COc1ccc(CSSI)cc1. The van der Waals surface area contributed by atoms with Gasteiger partial charge in [0.15, 0.2) is 0 Å². The highest BCUT2D eigenvalue weighted by atomic mass is 127. The third-order valence-corrected chi connectivity index (χ3v) is 4.88. The average Bonchev–Trinajstić information content (AvgIpc) is 2.30. The summed E-state index contributed by atoms with van der Waals surface area (Å²) in [6, 6.07) is 8.18. The van der Waals surface area contributed by atoms with E-state index in [1.54, 1.807) is 15.1 Å². The summed E-state index contributed by atoms with van der Waals surface area (Å²) in [5.74, 6) is 1.98. The second-order valence-corrected chi connectivity index (χ2v) is 7.14. The minimum atomic E-state index is 0.922. The van der Waals surface area contributed by atoms with Gasteiger partial charge in [0.1, 0.15) is 5.75 Å². The summed E-state index contributed by atoms with van der Waals surface area (Å²) < 4.78 is 5.06. The second-order valence-electron chi connectivity index (χ2n) is 2.17. The van der Waals surface area contributed by atoms with Gasteiger partial charge in [-0.05, 0) is 25.7 Å². The van der Waals surface area contributed by atoms with Gasteiger partial charge in [0.05, 0.1) is 7.11 Å². The van der Waals surface area contributed by atoms with Gasteiger partial charge in [-0.2, -0.15) is 0 Å². The summed E-state index contributed by atoms with van der Waals surface area (Å²) in [6.45, 7) is 4.00. The van der Waals surface area contributed by atoms with E-state index in [0.29, 0.717) is 0 Å². The van der Waals surface area contributed by atoms with E-state index in [1.165, 1.54) is 5.56 Å². The number of ether oxygens (including phenoxy) is 1. The largest absolute Gasteiger partial charge is 0.497 e. The van der Waals surface area contributed by atoms with E-state index < -0.39 is 0 Å². The molecule has 80 valence electrons. The Morgan fingerprint density at radius 2 is 1.79 bits per heavy atom. The molecule has 0 heterocycles. The summed E-state index contributed by atoms with van der Waals surface area (Å²) in [5, 5.41) is 0. The summed E-state index contributed by atoms with van der Waals surface area (Å²) in [4.78, 5) is 0. The van der Waals surface area contributed by atoms with Crippen molar-refractivity contribution in [2.45, 2.75) is 19.6 Å². The van der Waals surface area contributed by atoms with Crippen LogP contribution in [0.25, 0.3) is 0 Å². The number of rotatable bonds is 4. The highest BCUT2D eigenvalue weighted by Gasteiger charge is 1.93. The van der Waals surface area contributed by atoms with Gasteiger partial charge < -0.3 is 4.74 Å². The summed E-state index contributed by atoms with van der Waals surface area (Å²) >= 11 is 2.28. The molecule has 0 bridgehead atoms. The third kappa shape index (κ3) is 6.03. The van der Waals surface area contributed by atoms with Gasteiger partial charge in [-0.15, -0.1) is 0 Å². The number of hydrogen-bond donors (Lipinski definition) is 0. The fourth-order valence-corrected chi connectivity index (χ4v) is 2.87. The molecule has 1 nitrogen and oxygen atoms in total. The first-order valence-electron chi connectivity index (χ1n) is 4.40. The number of hydrogen-bond acceptors (Lipinski definition) is 3. The van der Waals surface area contributed by atoms with Crippen molar-refractivity contribution in [1.82, 2.24) is 0 Å². The number of methoxy groups -OCH3 is 1. The molecule has 4 heteroatoms. The van der Waals surface area contributed by atoms with Gasteiger partial charge in [0.25, 0.3) is 0 Å². The minimum Gasteiger partial charge on any atom is -0.497 e. The molecule has 0 radical (unpaired) electrons. The normalized spacial score (nSPS) is 8.86. The van der Waals surface area contributed by atoms with E-state index in [0.717, 1.165) is 11.5 Å². The van der Waals surface area contributed by atoms with Crippen LogP contribution in [0.15, 0.2) is 24.3 Å². The molecule has 0 aromatic heterocycles. The first-order valence-corrected chi connectivity index (χ1v) is 9.26. The maximum atomic E-state index is 5.06. The smallest absolute Gasteiger partial charge is 0.118 e. The van der Waals surface area contributed by atoms with E-state index in [2.05, 4.69) is 33.3 Å². The van der Waals surface area contributed by atoms with Crippen LogP contribution in [0, 0.1) is 0 Å². The highest BCUT2D eigenvalue weighted by Crippen LogP contribution is 2.32. The lowest BCUT2D eigenvalue weighted by molar-refractivity contribution is 0.414. The molecule has 0 unspecified atom stereocenters. The van der Waals surface area contributed by atoms with Gasteiger partial charge >= 0.3 is 0 Å². The molecule has 14 heavy (non-hydrogen) atoms. The Bertz CT molecular complexity index is 226. The molecule has 0 N–H and O–H groups in total. The van der Waals surface area contributed by atoms with E-state index in [4.69, 9.17) is 4.74 Å². The zero-order chi connectivity index (χ0) is 10.8. The molecule has 1 aromatic rings. The van der Waals surface area contributed by atoms with Crippen LogP contribution in [0.3, 0.4) is 0 Å². The van der Waals surface area contributed by atoms with Crippen LogP contribution in [0.5, 0.6) is 5.75 Å². The Balaban J connectivity index is 0.000000791. The van der Waals surface area contributed by atoms with Crippen molar-refractivity contribution in [1.29, 1.82) is 0 Å². The van der Waals surface area contributed by atoms with Gasteiger partial charge in [-0.25, -0.2) is 0 Å². The molecule has 0 amide bonds. The third-order valence-electron chi connectivity index (χ3n) is 1.43. The summed E-state index contributed by atoms with van der Waals surface area (Å²) in [7, 11) is 5.28. The Kier molecular flexibility index (Phi) is 10.3. The lowest BCUT2D eigenvalue weighted by Crippen LogP contribution is -1.83. The topological polar surface area (TPSA) is 9.23 Å². The molecule has 0 saturated carbocycles. The standard InChI is InChI=1S/C8H9IOS2.C2H6/c1-10-8-4-2-7(3-5-8)6-11-12-9;1-2/h2-5H,6H2,1H3;1-2H3. The maximum absolute atomic E-state index is 5.06. The van der Waals surface area contributed by atoms with E-state index in [1.807, 2.05) is 36.8 Å². The van der Waals surface area contributed by atoms with Crippen LogP contribution in [0.2, 0.25) is 0 Å². The first kappa shape index (κ1) is 14.5. The van der Waals surface area contributed by atoms with Crippen molar-refractivity contribution < 1.29 is 4.74 Å². The lowest BCUT2D eigenvalue weighted by atomic mass is 10.2. The quantitative estimate of drug-likeness (QED) is 0.566. The molecule has 0 aliphatic rings. The van der Waals surface area contributed by atoms with Crippen molar-refractivity contribution in [2.75, 3.05) is 7.11 Å². The van der Waals surface area contributed by atoms with Crippen LogP contribution in [0.1, 0.15) is 19.4 Å². The molecule has 0 saturated heterocycles. The lowest BCUT2D eigenvalue weighted by Gasteiger charge is -2.00. The average molecular weight is 342 g/mol. The van der Waals surface area contributed by atoms with Crippen LogP contribution in [-0.4, -0.2) is 7.11 Å². The van der Waals surface area contributed by atoms with Gasteiger partial charge in [-0.3, -0.25) is 0 Å². The Labute approximate surface area is 106 Å². The zero-order valence-electron chi connectivity index (χ0n) is 8.62. The Morgan fingerprint density at radius 1 is 1.21 bits per heavy atom. The van der Waals surface area contributed by atoms with Crippen molar-refractivity contribution >= 4 is 40.0 Å². The molecule has 0 atom stereocenters. The highest BCUT2D eigenvalue weighted by molar-refractivity contribution is 14.2. The molecule has 0 spiro atoms. The molecule has 0 fully saturated rings. The van der Waals surface area contributed by atoms with Crippen LogP contribution >= 0.6 is 40.0 Å². The predicted molar refractivity (Wildman–Crippen MR) is 77.2 cm³/mol. The van der Waals surface area contributed by atoms with Crippen LogP contribution in [0.4, 0.5) is 0 Å². The molecular weight excluding hydrogens is 327 g/mol. The van der Waals surface area contributed by atoms with Gasteiger partial charge in [-0.1, -0.05) is 36.8 Å². The molecule has 0 aliphatic heterocycles. The Morgan fingerprint density at radius 3 is 2.21 bits per heavy atom. The molecule has 1 aromatic carbocycles. The zero-order valence-corrected chi connectivity index (χ0v) is 12.4. The predicted octanol–water partition coefficient (Wildman–Crippen LogP) is 4.95. The maximum Gasteiger partial charge on any atom is 0.118 e. The van der Waals surface area contributed by atoms with E-state index >= 15 is 0 Å². The first-order chi connectivity index (χ1) is 6.86. The molecule has 0 aliphatic carbocycles. The summed E-state index contributed by atoms with van der Waals surface area (Å²) in [5.41, 5.74) is 1.34.